The Morgan fingerprint density at radius 1 is 1.20 bits per heavy atom. The molecule has 3 rings (SSSR count). The van der Waals surface area contributed by atoms with Crippen molar-refractivity contribution in [3.63, 3.8) is 0 Å². The van der Waals surface area contributed by atoms with E-state index in [1.807, 2.05) is 0 Å². The Bertz CT molecular complexity index is 910. The number of nitrogens with zero attached hydrogens (tertiary/aromatic N) is 3. The number of aromatic hydroxyl groups is 1. The predicted molar refractivity (Wildman–Crippen MR) is 80.4 cm³/mol. The van der Waals surface area contributed by atoms with Crippen molar-refractivity contribution in [3.05, 3.63) is 41.6 Å². The fourth-order valence-corrected chi connectivity index (χ4v) is 2.59. The van der Waals surface area contributed by atoms with Gasteiger partial charge in [0.25, 0.3) is 6.43 Å². The molecule has 0 saturated heterocycles. The van der Waals surface area contributed by atoms with E-state index in [9.17, 15) is 27.1 Å². The second-order valence-electron chi connectivity index (χ2n) is 5.54. The second kappa shape index (κ2) is 5.98. The molecule has 0 aliphatic rings. The highest BCUT2D eigenvalue weighted by Gasteiger charge is 2.32. The number of phenolic OH excluding ortho intramolecular Hbond substituents is 1. The van der Waals surface area contributed by atoms with E-state index in [1.165, 1.54) is 19.2 Å². The third-order valence-electron chi connectivity index (χ3n) is 3.64. The van der Waals surface area contributed by atoms with Gasteiger partial charge in [-0.15, -0.1) is 0 Å². The Morgan fingerprint density at radius 2 is 1.92 bits per heavy atom. The van der Waals surface area contributed by atoms with Crippen molar-refractivity contribution in [3.8, 4) is 17.0 Å². The third-order valence-corrected chi connectivity index (χ3v) is 3.64. The topological polar surface area (TPSA) is 50.9 Å². The first-order chi connectivity index (χ1) is 11.6. The van der Waals surface area contributed by atoms with Crippen LogP contribution in [0.5, 0.6) is 5.75 Å². The number of benzene rings is 1. The summed E-state index contributed by atoms with van der Waals surface area (Å²) in [7, 11) is 0. The molecule has 2 heterocycles. The number of hydrogen-bond donors (Lipinski definition) is 1. The molecule has 0 unspecified atom stereocenters. The zero-order valence-corrected chi connectivity index (χ0v) is 12.8. The van der Waals surface area contributed by atoms with Crippen molar-refractivity contribution < 1.29 is 27.1 Å². The van der Waals surface area contributed by atoms with Crippen LogP contribution >= 0.6 is 0 Å². The number of alkyl halides is 5. The summed E-state index contributed by atoms with van der Waals surface area (Å²) in [4.78, 5) is 4.17. The van der Waals surface area contributed by atoms with Crippen LogP contribution < -0.4 is 0 Å². The number of aromatic nitrogens is 3. The number of halogens is 5. The van der Waals surface area contributed by atoms with Crippen molar-refractivity contribution in [1.82, 2.24) is 14.8 Å². The van der Waals surface area contributed by atoms with Crippen LogP contribution in [0.3, 0.4) is 0 Å². The van der Waals surface area contributed by atoms with Crippen LogP contribution in [0.1, 0.15) is 11.1 Å². The predicted octanol–water partition coefficient (Wildman–Crippen LogP) is 4.40. The molecule has 3 aromatic rings. The molecule has 0 saturated carbocycles. The van der Waals surface area contributed by atoms with E-state index in [1.54, 1.807) is 6.07 Å². The maximum absolute atomic E-state index is 12.8. The van der Waals surface area contributed by atoms with Gasteiger partial charge in [-0.1, -0.05) is 0 Å². The highest BCUT2D eigenvalue weighted by molar-refractivity contribution is 5.80. The lowest BCUT2D eigenvalue weighted by Crippen LogP contribution is -2.06. The van der Waals surface area contributed by atoms with E-state index in [2.05, 4.69) is 10.1 Å². The van der Waals surface area contributed by atoms with Gasteiger partial charge in [-0.25, -0.2) is 13.8 Å². The van der Waals surface area contributed by atoms with Crippen LogP contribution in [-0.2, 0) is 12.7 Å². The molecule has 9 heteroatoms. The number of fused-ring (bicyclic) bond motifs is 1. The first-order valence-corrected chi connectivity index (χ1v) is 7.18. The Labute approximate surface area is 138 Å². The van der Waals surface area contributed by atoms with Gasteiger partial charge in [0.2, 0.25) is 0 Å². The van der Waals surface area contributed by atoms with Gasteiger partial charge in [-0.05, 0) is 36.8 Å². The molecule has 0 amide bonds. The van der Waals surface area contributed by atoms with Gasteiger partial charge in [0.1, 0.15) is 12.3 Å². The van der Waals surface area contributed by atoms with Crippen molar-refractivity contribution in [1.29, 1.82) is 0 Å². The van der Waals surface area contributed by atoms with Gasteiger partial charge in [0, 0.05) is 17.1 Å². The molecule has 0 bridgehead atoms. The molecular formula is C16H12F5N3O. The van der Waals surface area contributed by atoms with Gasteiger partial charge in [0.05, 0.1) is 11.3 Å². The lowest BCUT2D eigenvalue weighted by molar-refractivity contribution is -0.137. The molecule has 0 atom stereocenters. The number of aryl methyl sites for hydroxylation is 1. The van der Waals surface area contributed by atoms with Crippen molar-refractivity contribution in [2.45, 2.75) is 26.1 Å². The van der Waals surface area contributed by atoms with Gasteiger partial charge < -0.3 is 5.11 Å². The first-order valence-electron chi connectivity index (χ1n) is 7.18. The van der Waals surface area contributed by atoms with Gasteiger partial charge in [-0.3, -0.25) is 4.68 Å². The Hall–Kier alpha value is -2.71. The summed E-state index contributed by atoms with van der Waals surface area (Å²) in [6.07, 6.45) is -5.75. The molecule has 4 nitrogen and oxygen atoms in total. The molecule has 1 aromatic carbocycles. The summed E-state index contributed by atoms with van der Waals surface area (Å²) in [6.45, 7) is 0.835. The highest BCUT2D eigenvalue weighted by Crippen LogP contribution is 2.38. The average Bonchev–Trinajstić information content (AvgIpc) is 2.86. The van der Waals surface area contributed by atoms with Crippen LogP contribution in [0.15, 0.2) is 30.5 Å². The maximum atomic E-state index is 12.8. The zero-order valence-electron chi connectivity index (χ0n) is 12.8. The summed E-state index contributed by atoms with van der Waals surface area (Å²) in [5, 5.41) is 14.4. The van der Waals surface area contributed by atoms with Gasteiger partial charge >= 0.3 is 6.18 Å². The largest absolute Gasteiger partial charge is 0.507 e. The number of rotatable bonds is 3. The van der Waals surface area contributed by atoms with E-state index in [4.69, 9.17) is 0 Å². The van der Waals surface area contributed by atoms with Crippen molar-refractivity contribution in [2.24, 2.45) is 0 Å². The lowest BCUT2D eigenvalue weighted by Gasteiger charge is -2.13. The fraction of sp³-hybridized carbons (Fsp3) is 0.250. The van der Waals surface area contributed by atoms with Crippen LogP contribution in [0, 0.1) is 6.92 Å². The molecule has 0 aliphatic heterocycles. The van der Waals surface area contributed by atoms with E-state index >= 15 is 0 Å². The third kappa shape index (κ3) is 3.40. The van der Waals surface area contributed by atoms with E-state index < -0.39 is 30.5 Å². The minimum atomic E-state index is -4.58. The standard InChI is InChI=1S/C16H12F5N3O/c1-8-4-10(16(19,20)21)5-12(25)14(8)11-3-2-9-6-24(7-13(17)18)23-15(9)22-11/h2-6,13,25H,7H2,1H3. The molecule has 132 valence electrons. The van der Waals surface area contributed by atoms with Crippen LogP contribution in [0.25, 0.3) is 22.3 Å². The second-order valence-corrected chi connectivity index (χ2v) is 5.54. The van der Waals surface area contributed by atoms with Crippen molar-refractivity contribution in [2.75, 3.05) is 0 Å². The normalized spacial score (nSPS) is 12.3. The summed E-state index contributed by atoms with van der Waals surface area (Å²) < 4.78 is 64.3. The summed E-state index contributed by atoms with van der Waals surface area (Å²) in [6, 6.07) is 4.59. The van der Waals surface area contributed by atoms with E-state index in [0.29, 0.717) is 11.5 Å². The fourth-order valence-electron chi connectivity index (χ4n) is 2.59. The first kappa shape index (κ1) is 17.1. The minimum Gasteiger partial charge on any atom is -0.507 e. The van der Waals surface area contributed by atoms with E-state index in [-0.39, 0.29) is 22.5 Å². The van der Waals surface area contributed by atoms with Crippen molar-refractivity contribution >= 4 is 11.0 Å². The van der Waals surface area contributed by atoms with E-state index in [0.717, 1.165) is 10.7 Å². The Morgan fingerprint density at radius 3 is 2.52 bits per heavy atom. The monoisotopic (exact) mass is 357 g/mol. The number of pyridine rings is 1. The summed E-state index contributed by atoms with van der Waals surface area (Å²) in [5.74, 6) is -0.564. The van der Waals surface area contributed by atoms with Crippen LogP contribution in [0.4, 0.5) is 22.0 Å². The Balaban J connectivity index is 2.07. The zero-order chi connectivity index (χ0) is 18.4. The molecule has 2 aromatic heterocycles. The molecule has 25 heavy (non-hydrogen) atoms. The molecule has 0 aliphatic carbocycles. The SMILES string of the molecule is Cc1cc(C(F)(F)F)cc(O)c1-c1ccc2cn(CC(F)F)nc2n1. The van der Waals surface area contributed by atoms with Gasteiger partial charge in [-0.2, -0.15) is 18.3 Å². The molecule has 0 radical (unpaired) electrons. The molecule has 0 spiro atoms. The Kier molecular flexibility index (Phi) is 4.09. The number of hydrogen-bond acceptors (Lipinski definition) is 3. The van der Waals surface area contributed by atoms with Crippen LogP contribution in [-0.4, -0.2) is 26.3 Å². The maximum Gasteiger partial charge on any atom is 0.416 e. The van der Waals surface area contributed by atoms with Gasteiger partial charge in [0.15, 0.2) is 5.65 Å². The quantitative estimate of drug-likeness (QED) is 0.707. The van der Waals surface area contributed by atoms with Crippen LogP contribution in [0.2, 0.25) is 0 Å². The smallest absolute Gasteiger partial charge is 0.416 e. The average molecular weight is 357 g/mol. The molecular weight excluding hydrogens is 345 g/mol. The number of phenols is 1. The highest BCUT2D eigenvalue weighted by atomic mass is 19.4. The lowest BCUT2D eigenvalue weighted by atomic mass is 10.00. The molecule has 0 fully saturated rings. The summed E-state index contributed by atoms with van der Waals surface area (Å²) in [5.41, 5.74) is -0.270. The molecule has 1 N–H and O–H groups in total. The minimum absolute atomic E-state index is 0.137. The summed E-state index contributed by atoms with van der Waals surface area (Å²) >= 11 is 0.